The van der Waals surface area contributed by atoms with E-state index in [-0.39, 0.29) is 23.9 Å². The van der Waals surface area contributed by atoms with Crippen LogP contribution in [-0.2, 0) is 11.2 Å². The summed E-state index contributed by atoms with van der Waals surface area (Å²) in [4.78, 5) is 15.8. The molecule has 2 rings (SSSR count). The van der Waals surface area contributed by atoms with Gasteiger partial charge < -0.3 is 20.4 Å². The summed E-state index contributed by atoms with van der Waals surface area (Å²) in [5, 5.41) is 21.0. The third-order valence-electron chi connectivity index (χ3n) is 2.68. The van der Waals surface area contributed by atoms with Crippen LogP contribution < -0.4 is 11.1 Å². The maximum Gasteiger partial charge on any atom is 0.301 e. The summed E-state index contributed by atoms with van der Waals surface area (Å²) in [6, 6.07) is 3.55. The smallest absolute Gasteiger partial charge is 0.301 e. The molecule has 2 aromatic rings. The van der Waals surface area contributed by atoms with Crippen molar-refractivity contribution in [2.24, 2.45) is 5.73 Å². The van der Waals surface area contributed by atoms with E-state index in [1.54, 1.807) is 13.0 Å². The number of oxazole rings is 1. The van der Waals surface area contributed by atoms with Gasteiger partial charge in [0.05, 0.1) is 11.7 Å². The number of amides is 1. The van der Waals surface area contributed by atoms with Gasteiger partial charge in [-0.3, -0.25) is 10.1 Å². The third-order valence-corrected chi connectivity index (χ3v) is 2.68. The van der Waals surface area contributed by atoms with Crippen LogP contribution in [0.4, 0.5) is 6.01 Å². The molecule has 1 heterocycles. The number of hydrogen-bond donors (Lipinski definition) is 4. The van der Waals surface area contributed by atoms with E-state index < -0.39 is 11.9 Å². The number of anilines is 1. The number of nitrogens with one attached hydrogen (secondary N) is 1. The summed E-state index contributed by atoms with van der Waals surface area (Å²) in [5.74, 6) is -0.917. The molecule has 0 aliphatic heterocycles. The van der Waals surface area contributed by atoms with Crippen LogP contribution in [0.15, 0.2) is 28.9 Å². The van der Waals surface area contributed by atoms with Gasteiger partial charge in [-0.2, -0.15) is 4.98 Å². The van der Waals surface area contributed by atoms with Gasteiger partial charge in [-0.15, -0.1) is 0 Å². The molecular weight excluding hydrogens is 262 g/mol. The van der Waals surface area contributed by atoms with Crippen LogP contribution in [0.2, 0.25) is 0 Å². The highest BCUT2D eigenvalue weighted by atomic mass is 16.4. The molecule has 0 fully saturated rings. The molecule has 0 saturated carbocycles. The lowest BCUT2D eigenvalue weighted by molar-refractivity contribution is -0.117. The number of aromatic hydroxyl groups is 2. The van der Waals surface area contributed by atoms with Gasteiger partial charge in [-0.05, 0) is 31.0 Å². The van der Waals surface area contributed by atoms with Gasteiger partial charge in [0, 0.05) is 0 Å². The molecule has 1 amide bonds. The van der Waals surface area contributed by atoms with E-state index in [2.05, 4.69) is 10.3 Å². The minimum atomic E-state index is -0.828. The maximum atomic E-state index is 11.8. The van der Waals surface area contributed by atoms with E-state index in [9.17, 15) is 15.0 Å². The fourth-order valence-corrected chi connectivity index (χ4v) is 1.65. The molecule has 1 aromatic heterocycles. The molecule has 106 valence electrons. The van der Waals surface area contributed by atoms with Crippen LogP contribution in [0.1, 0.15) is 11.3 Å². The van der Waals surface area contributed by atoms with E-state index >= 15 is 0 Å². The monoisotopic (exact) mass is 277 g/mol. The van der Waals surface area contributed by atoms with E-state index in [0.717, 1.165) is 0 Å². The molecule has 7 nitrogen and oxygen atoms in total. The number of carbonyl (C=O) groups excluding carboxylic acids is 1. The first kappa shape index (κ1) is 13.9. The second-order valence-electron chi connectivity index (χ2n) is 4.42. The Morgan fingerprint density at radius 1 is 1.45 bits per heavy atom. The zero-order valence-electron chi connectivity index (χ0n) is 10.8. The second kappa shape index (κ2) is 5.62. The second-order valence-corrected chi connectivity index (χ2v) is 4.42. The summed E-state index contributed by atoms with van der Waals surface area (Å²) in [6.45, 7) is 1.73. The molecule has 20 heavy (non-hydrogen) atoms. The number of hydrogen-bond acceptors (Lipinski definition) is 6. The van der Waals surface area contributed by atoms with Crippen LogP contribution in [0.5, 0.6) is 11.5 Å². The van der Waals surface area contributed by atoms with Gasteiger partial charge in [0.15, 0.2) is 11.5 Å². The Morgan fingerprint density at radius 2 is 2.20 bits per heavy atom. The minimum Gasteiger partial charge on any atom is -0.504 e. The number of carbonyl (C=O) groups is 1. The van der Waals surface area contributed by atoms with Crippen molar-refractivity contribution in [2.75, 3.05) is 5.32 Å². The normalized spacial score (nSPS) is 12.1. The molecule has 0 spiro atoms. The van der Waals surface area contributed by atoms with Gasteiger partial charge in [-0.1, -0.05) is 6.07 Å². The van der Waals surface area contributed by atoms with Crippen LogP contribution in [0, 0.1) is 6.92 Å². The van der Waals surface area contributed by atoms with Crippen molar-refractivity contribution in [1.82, 2.24) is 4.98 Å². The Kier molecular flexibility index (Phi) is 3.90. The van der Waals surface area contributed by atoms with Gasteiger partial charge in [0.2, 0.25) is 5.91 Å². The lowest BCUT2D eigenvalue weighted by Crippen LogP contribution is -2.37. The standard InChI is InChI=1S/C13H15N3O4/c1-7-6-20-13(15-7)16-12(19)9(14)4-8-2-3-10(17)11(18)5-8/h2-3,5-6,9,17-18H,4,14H2,1H3,(H,15,16,19)/t9-/m0/s1. The molecule has 0 aliphatic rings. The van der Waals surface area contributed by atoms with Gasteiger partial charge >= 0.3 is 6.01 Å². The van der Waals surface area contributed by atoms with Gasteiger partial charge in [-0.25, -0.2) is 0 Å². The zero-order chi connectivity index (χ0) is 14.7. The molecule has 0 saturated heterocycles. The highest BCUT2D eigenvalue weighted by Gasteiger charge is 2.17. The zero-order valence-corrected chi connectivity index (χ0v) is 10.8. The molecule has 1 atom stereocenters. The van der Waals surface area contributed by atoms with E-state index in [0.29, 0.717) is 11.3 Å². The van der Waals surface area contributed by atoms with E-state index in [1.165, 1.54) is 18.4 Å². The largest absolute Gasteiger partial charge is 0.504 e. The Bertz CT molecular complexity index is 624. The van der Waals surface area contributed by atoms with Crippen molar-refractivity contribution < 1.29 is 19.4 Å². The van der Waals surface area contributed by atoms with Crippen molar-refractivity contribution in [3.05, 3.63) is 35.7 Å². The van der Waals surface area contributed by atoms with Crippen molar-refractivity contribution >= 4 is 11.9 Å². The predicted octanol–water partition coefficient (Wildman–Crippen LogP) is 0.903. The summed E-state index contributed by atoms with van der Waals surface area (Å²) < 4.78 is 5.00. The lowest BCUT2D eigenvalue weighted by Gasteiger charge is -2.11. The maximum absolute atomic E-state index is 11.8. The Hall–Kier alpha value is -2.54. The number of phenolic OH excluding ortho intramolecular Hbond substituents is 2. The van der Waals surface area contributed by atoms with Gasteiger partial charge in [0.25, 0.3) is 0 Å². The quantitative estimate of drug-likeness (QED) is 0.616. The molecule has 5 N–H and O–H groups in total. The van der Waals surface area contributed by atoms with E-state index in [4.69, 9.17) is 10.2 Å². The number of rotatable bonds is 4. The summed E-state index contributed by atoms with van der Waals surface area (Å²) >= 11 is 0. The Labute approximate surface area is 115 Å². The summed E-state index contributed by atoms with van der Waals surface area (Å²) in [7, 11) is 0. The average molecular weight is 277 g/mol. The predicted molar refractivity (Wildman–Crippen MR) is 71.3 cm³/mol. The molecule has 0 radical (unpaired) electrons. The fourth-order valence-electron chi connectivity index (χ4n) is 1.65. The first-order chi connectivity index (χ1) is 9.45. The van der Waals surface area contributed by atoms with Crippen LogP contribution >= 0.6 is 0 Å². The minimum absolute atomic E-state index is 0.0940. The molecule has 7 heteroatoms. The number of phenols is 2. The topological polar surface area (TPSA) is 122 Å². The fraction of sp³-hybridized carbons (Fsp3) is 0.231. The van der Waals surface area contributed by atoms with Crippen LogP contribution in [-0.4, -0.2) is 27.1 Å². The van der Waals surface area contributed by atoms with Crippen molar-refractivity contribution in [3.63, 3.8) is 0 Å². The molecule has 0 bridgehead atoms. The highest BCUT2D eigenvalue weighted by molar-refractivity contribution is 5.93. The Morgan fingerprint density at radius 3 is 2.80 bits per heavy atom. The number of aryl methyl sites for hydroxylation is 1. The summed E-state index contributed by atoms with van der Waals surface area (Å²) in [5.41, 5.74) is 7.05. The summed E-state index contributed by atoms with van der Waals surface area (Å²) in [6.07, 6.45) is 1.62. The van der Waals surface area contributed by atoms with Crippen LogP contribution in [0.25, 0.3) is 0 Å². The van der Waals surface area contributed by atoms with Crippen LogP contribution in [0.3, 0.4) is 0 Å². The van der Waals surface area contributed by atoms with Crippen molar-refractivity contribution in [1.29, 1.82) is 0 Å². The third kappa shape index (κ3) is 3.27. The SMILES string of the molecule is Cc1coc(NC(=O)[C@@H](N)Cc2ccc(O)c(O)c2)n1. The molecule has 0 unspecified atom stereocenters. The molecular formula is C13H15N3O4. The Balaban J connectivity index is 1.98. The molecule has 0 aliphatic carbocycles. The van der Waals surface area contributed by atoms with E-state index in [1.807, 2.05) is 0 Å². The number of benzene rings is 1. The number of nitrogens with two attached hydrogens (primary N) is 1. The molecule has 1 aromatic carbocycles. The lowest BCUT2D eigenvalue weighted by atomic mass is 10.1. The average Bonchev–Trinajstić information content (AvgIpc) is 2.79. The first-order valence-corrected chi connectivity index (χ1v) is 5.95. The van der Waals surface area contributed by atoms with Crippen molar-refractivity contribution in [2.45, 2.75) is 19.4 Å². The van der Waals surface area contributed by atoms with Crippen molar-refractivity contribution in [3.8, 4) is 11.5 Å². The highest BCUT2D eigenvalue weighted by Crippen LogP contribution is 2.25. The number of aromatic nitrogens is 1. The first-order valence-electron chi connectivity index (χ1n) is 5.95. The number of nitrogens with zero attached hydrogens (tertiary/aromatic N) is 1. The van der Waals surface area contributed by atoms with Gasteiger partial charge in [0.1, 0.15) is 6.26 Å².